The Bertz CT molecular complexity index is 642. The Hall–Kier alpha value is -2.28. The first-order valence-corrected chi connectivity index (χ1v) is 5.44. The van der Waals surface area contributed by atoms with E-state index in [1.54, 1.807) is 6.07 Å². The van der Waals surface area contributed by atoms with Gasteiger partial charge in [-0.1, -0.05) is 17.9 Å². The van der Waals surface area contributed by atoms with Gasteiger partial charge in [0, 0.05) is 12.0 Å². The van der Waals surface area contributed by atoms with Crippen molar-refractivity contribution in [2.45, 2.75) is 6.42 Å². The van der Waals surface area contributed by atoms with Crippen molar-refractivity contribution in [1.82, 2.24) is 0 Å². The Kier molecular flexibility index (Phi) is 3.86. The molecule has 0 bridgehead atoms. The molecule has 0 N–H and O–H groups in total. The predicted molar refractivity (Wildman–Crippen MR) is 63.3 cm³/mol. The van der Waals surface area contributed by atoms with Gasteiger partial charge in [0.2, 0.25) is 0 Å². The third-order valence-electron chi connectivity index (χ3n) is 2.39. The average Bonchev–Trinajstić information content (AvgIpc) is 2.36. The lowest BCUT2D eigenvalue weighted by molar-refractivity contribution is 0.445. The lowest BCUT2D eigenvalue weighted by atomic mass is 10.1. The first-order chi connectivity index (χ1) is 9.06. The van der Waals surface area contributed by atoms with Crippen LogP contribution in [0.1, 0.15) is 11.1 Å². The molecule has 0 radical (unpaired) electrons. The first kappa shape index (κ1) is 13.2. The van der Waals surface area contributed by atoms with Gasteiger partial charge < -0.3 is 0 Å². The third-order valence-corrected chi connectivity index (χ3v) is 2.39. The summed E-state index contributed by atoms with van der Waals surface area (Å²) in [5.74, 6) is 0.901. The van der Waals surface area contributed by atoms with E-state index in [0.29, 0.717) is 5.56 Å². The zero-order chi connectivity index (χ0) is 13.8. The van der Waals surface area contributed by atoms with E-state index in [9.17, 15) is 17.6 Å². The van der Waals surface area contributed by atoms with Crippen LogP contribution in [0.15, 0.2) is 36.4 Å². The molecule has 4 heteroatoms. The van der Waals surface area contributed by atoms with Gasteiger partial charge in [0.1, 0.15) is 5.82 Å². The SMILES string of the molecule is Fc1cccc(C#CCc2cc(F)c(F)c(F)c2)c1. The molecule has 2 aromatic carbocycles. The summed E-state index contributed by atoms with van der Waals surface area (Å²) in [7, 11) is 0. The molecule has 0 amide bonds. The smallest absolute Gasteiger partial charge is 0.194 e. The van der Waals surface area contributed by atoms with Crippen LogP contribution in [0.3, 0.4) is 0 Å². The highest BCUT2D eigenvalue weighted by Gasteiger charge is 2.09. The minimum Gasteiger partial charge on any atom is -0.207 e. The molecular formula is C15H8F4. The van der Waals surface area contributed by atoms with Crippen molar-refractivity contribution in [3.05, 3.63) is 70.8 Å². The van der Waals surface area contributed by atoms with Gasteiger partial charge in [-0.2, -0.15) is 0 Å². The average molecular weight is 264 g/mol. The van der Waals surface area contributed by atoms with Gasteiger partial charge in [-0.25, -0.2) is 17.6 Å². The van der Waals surface area contributed by atoms with Crippen molar-refractivity contribution in [3.63, 3.8) is 0 Å². The van der Waals surface area contributed by atoms with E-state index in [0.717, 1.165) is 12.1 Å². The predicted octanol–water partition coefficient (Wildman–Crippen LogP) is 3.84. The Balaban J connectivity index is 2.16. The van der Waals surface area contributed by atoms with Crippen molar-refractivity contribution in [3.8, 4) is 11.8 Å². The van der Waals surface area contributed by atoms with E-state index in [1.165, 1.54) is 18.2 Å². The van der Waals surface area contributed by atoms with Gasteiger partial charge in [-0.3, -0.25) is 0 Å². The van der Waals surface area contributed by atoms with Crippen LogP contribution < -0.4 is 0 Å². The number of hydrogen-bond donors (Lipinski definition) is 0. The molecule has 0 aliphatic rings. The molecule has 0 aromatic heterocycles. The fourth-order valence-electron chi connectivity index (χ4n) is 1.52. The summed E-state index contributed by atoms with van der Waals surface area (Å²) in [4.78, 5) is 0. The Morgan fingerprint density at radius 2 is 1.58 bits per heavy atom. The second-order valence-corrected chi connectivity index (χ2v) is 3.86. The molecule has 0 atom stereocenters. The van der Waals surface area contributed by atoms with Crippen LogP contribution >= 0.6 is 0 Å². The van der Waals surface area contributed by atoms with Crippen molar-refractivity contribution in [2.75, 3.05) is 0 Å². The molecule has 0 saturated carbocycles. The van der Waals surface area contributed by atoms with Gasteiger partial charge in [-0.05, 0) is 35.9 Å². The van der Waals surface area contributed by atoms with Crippen LogP contribution in [0.2, 0.25) is 0 Å². The van der Waals surface area contributed by atoms with E-state index >= 15 is 0 Å². The summed E-state index contributed by atoms with van der Waals surface area (Å²) in [5, 5.41) is 0. The fraction of sp³-hybridized carbons (Fsp3) is 0.0667. The van der Waals surface area contributed by atoms with Crippen molar-refractivity contribution >= 4 is 0 Å². The summed E-state index contributed by atoms with van der Waals surface area (Å²) in [6.07, 6.45) is 0.0463. The highest BCUT2D eigenvalue weighted by molar-refractivity contribution is 5.35. The topological polar surface area (TPSA) is 0 Å². The van der Waals surface area contributed by atoms with Crippen molar-refractivity contribution in [1.29, 1.82) is 0 Å². The lowest BCUT2D eigenvalue weighted by Gasteiger charge is -1.98. The maximum atomic E-state index is 12.9. The molecule has 0 aliphatic heterocycles. The van der Waals surface area contributed by atoms with Gasteiger partial charge in [0.05, 0.1) is 0 Å². The standard InChI is InChI=1S/C15H8F4/c16-12-6-2-4-10(7-12)3-1-5-11-8-13(17)15(19)14(18)9-11/h2,4,6-9H,5H2. The molecule has 0 saturated heterocycles. The Labute approximate surface area is 107 Å². The molecule has 0 heterocycles. The monoisotopic (exact) mass is 264 g/mol. The van der Waals surface area contributed by atoms with E-state index in [4.69, 9.17) is 0 Å². The van der Waals surface area contributed by atoms with Crippen LogP contribution in [-0.4, -0.2) is 0 Å². The van der Waals surface area contributed by atoms with Crippen molar-refractivity contribution in [2.24, 2.45) is 0 Å². The minimum atomic E-state index is -1.50. The quantitative estimate of drug-likeness (QED) is 0.417. The van der Waals surface area contributed by atoms with Crippen LogP contribution in [0.25, 0.3) is 0 Å². The van der Waals surface area contributed by atoms with Gasteiger partial charge in [0.15, 0.2) is 17.5 Å². The van der Waals surface area contributed by atoms with E-state index in [1.807, 2.05) is 0 Å². The summed E-state index contributed by atoms with van der Waals surface area (Å²) >= 11 is 0. The molecule has 0 aliphatic carbocycles. The summed E-state index contributed by atoms with van der Waals surface area (Å²) in [6.45, 7) is 0. The van der Waals surface area contributed by atoms with Gasteiger partial charge in [0.25, 0.3) is 0 Å². The molecule has 19 heavy (non-hydrogen) atoms. The van der Waals surface area contributed by atoms with Gasteiger partial charge >= 0.3 is 0 Å². The highest BCUT2D eigenvalue weighted by Crippen LogP contribution is 2.13. The normalized spacial score (nSPS) is 9.89. The van der Waals surface area contributed by atoms with Crippen LogP contribution in [-0.2, 0) is 6.42 Å². The Morgan fingerprint density at radius 3 is 2.21 bits per heavy atom. The molecule has 0 nitrogen and oxygen atoms in total. The first-order valence-electron chi connectivity index (χ1n) is 5.44. The molecule has 0 unspecified atom stereocenters. The lowest BCUT2D eigenvalue weighted by Crippen LogP contribution is -1.94. The van der Waals surface area contributed by atoms with E-state index in [2.05, 4.69) is 11.8 Å². The maximum absolute atomic E-state index is 12.9. The minimum absolute atomic E-state index is 0.0463. The molecule has 96 valence electrons. The number of halogens is 4. The Morgan fingerprint density at radius 1 is 0.895 bits per heavy atom. The van der Waals surface area contributed by atoms with Gasteiger partial charge in [-0.15, -0.1) is 0 Å². The largest absolute Gasteiger partial charge is 0.207 e. The number of rotatable bonds is 1. The molecule has 2 aromatic rings. The van der Waals surface area contributed by atoms with Crippen LogP contribution in [0.4, 0.5) is 17.6 Å². The van der Waals surface area contributed by atoms with Crippen LogP contribution in [0.5, 0.6) is 0 Å². The molecule has 2 rings (SSSR count). The zero-order valence-corrected chi connectivity index (χ0v) is 9.68. The number of benzene rings is 2. The highest BCUT2D eigenvalue weighted by atomic mass is 19.2. The molecule has 0 spiro atoms. The zero-order valence-electron chi connectivity index (χ0n) is 9.68. The fourth-order valence-corrected chi connectivity index (χ4v) is 1.52. The number of hydrogen-bond acceptors (Lipinski definition) is 0. The van der Waals surface area contributed by atoms with E-state index < -0.39 is 23.3 Å². The summed E-state index contributed by atoms with van der Waals surface area (Å²) in [5.41, 5.74) is 0.684. The van der Waals surface area contributed by atoms with Crippen LogP contribution in [0, 0.1) is 35.1 Å². The second-order valence-electron chi connectivity index (χ2n) is 3.86. The summed E-state index contributed by atoms with van der Waals surface area (Å²) in [6, 6.07) is 7.44. The molecule has 0 fully saturated rings. The van der Waals surface area contributed by atoms with Crippen molar-refractivity contribution < 1.29 is 17.6 Å². The maximum Gasteiger partial charge on any atom is 0.194 e. The van der Waals surface area contributed by atoms with E-state index in [-0.39, 0.29) is 12.0 Å². The summed E-state index contributed by atoms with van der Waals surface area (Å²) < 4.78 is 51.4. The third kappa shape index (κ3) is 3.35. The second kappa shape index (κ2) is 5.57. The molecular weight excluding hydrogens is 256 g/mol.